The van der Waals surface area contributed by atoms with Crippen LogP contribution in [-0.2, 0) is 4.79 Å². The highest BCUT2D eigenvalue weighted by molar-refractivity contribution is 14.1. The number of carbonyl (C=O) groups is 1. The summed E-state index contributed by atoms with van der Waals surface area (Å²) in [6.07, 6.45) is 7.08. The van der Waals surface area contributed by atoms with Gasteiger partial charge < -0.3 is 5.32 Å². The SMILES string of the molecule is C=C/C(=C\C=C(/I)C1(NC(C)=O)CCC1)[N+](=O)[O-]. The van der Waals surface area contributed by atoms with Crippen molar-refractivity contribution in [3.05, 3.63) is 44.2 Å². The van der Waals surface area contributed by atoms with Gasteiger partial charge in [0.15, 0.2) is 0 Å². The number of halogens is 1. The maximum absolute atomic E-state index is 11.2. The Balaban J connectivity index is 2.90. The lowest BCUT2D eigenvalue weighted by Gasteiger charge is -2.42. The van der Waals surface area contributed by atoms with Crippen molar-refractivity contribution >= 4 is 28.5 Å². The highest BCUT2D eigenvalue weighted by Crippen LogP contribution is 2.41. The largest absolute Gasteiger partial charge is 0.346 e. The van der Waals surface area contributed by atoms with Crippen molar-refractivity contribution in [3.8, 4) is 0 Å². The standard InChI is InChI=1S/C12H15IN2O3/c1-3-10(15(17)18)5-6-11(13)12(7-4-8-12)14-9(2)16/h3,5-6H,1,4,7-8H2,2H3,(H,14,16)/b10-5+,11-6-. The molecule has 0 aromatic carbocycles. The van der Waals surface area contributed by atoms with Crippen LogP contribution in [0.2, 0.25) is 0 Å². The Hall–Kier alpha value is -1.18. The fourth-order valence-electron chi connectivity index (χ4n) is 1.81. The normalized spacial score (nSPS) is 18.8. The van der Waals surface area contributed by atoms with Crippen LogP contribution >= 0.6 is 22.6 Å². The van der Waals surface area contributed by atoms with E-state index in [1.165, 1.54) is 19.1 Å². The van der Waals surface area contributed by atoms with Gasteiger partial charge in [0.1, 0.15) is 0 Å². The molecule has 1 saturated carbocycles. The second-order valence-corrected chi connectivity index (χ2v) is 5.35. The Morgan fingerprint density at radius 2 is 2.11 bits per heavy atom. The number of nitro groups is 1. The van der Waals surface area contributed by atoms with Crippen LogP contribution in [-0.4, -0.2) is 16.4 Å². The second-order valence-electron chi connectivity index (χ2n) is 4.18. The number of carbonyl (C=O) groups excluding carboxylic acids is 1. The van der Waals surface area contributed by atoms with Crippen LogP contribution in [0.5, 0.6) is 0 Å². The number of allylic oxidation sites excluding steroid dienone is 3. The van der Waals surface area contributed by atoms with Crippen molar-refractivity contribution in [2.75, 3.05) is 0 Å². The van der Waals surface area contributed by atoms with Crippen LogP contribution < -0.4 is 5.32 Å². The van der Waals surface area contributed by atoms with E-state index < -0.39 is 4.92 Å². The van der Waals surface area contributed by atoms with E-state index in [0.717, 1.165) is 22.8 Å². The molecule has 1 rings (SSSR count). The molecule has 1 N–H and O–H groups in total. The summed E-state index contributed by atoms with van der Waals surface area (Å²) < 4.78 is 0.905. The Morgan fingerprint density at radius 3 is 2.44 bits per heavy atom. The average molecular weight is 362 g/mol. The Bertz CT molecular complexity index is 437. The molecule has 1 aliphatic carbocycles. The average Bonchev–Trinajstić information content (AvgIpc) is 2.23. The Kier molecular flexibility index (Phi) is 5.06. The molecule has 0 unspecified atom stereocenters. The molecule has 1 amide bonds. The minimum Gasteiger partial charge on any atom is -0.346 e. The number of hydrogen-bond acceptors (Lipinski definition) is 3. The molecule has 1 aliphatic rings. The summed E-state index contributed by atoms with van der Waals surface area (Å²) in [6.45, 7) is 4.87. The number of rotatable bonds is 5. The molecule has 0 aromatic rings. The van der Waals surface area contributed by atoms with Crippen molar-refractivity contribution < 1.29 is 9.72 Å². The molecule has 1 fully saturated rings. The van der Waals surface area contributed by atoms with Crippen LogP contribution in [0, 0.1) is 10.1 Å². The van der Waals surface area contributed by atoms with Crippen LogP contribution in [0.25, 0.3) is 0 Å². The molecular weight excluding hydrogens is 347 g/mol. The summed E-state index contributed by atoms with van der Waals surface area (Å²) in [5, 5.41) is 13.5. The second kappa shape index (κ2) is 6.12. The van der Waals surface area contributed by atoms with Gasteiger partial charge >= 0.3 is 0 Å². The zero-order valence-corrected chi connectivity index (χ0v) is 12.3. The third-order valence-corrected chi connectivity index (χ3v) is 4.29. The molecule has 6 heteroatoms. The highest BCUT2D eigenvalue weighted by atomic mass is 127. The van der Waals surface area contributed by atoms with E-state index in [4.69, 9.17) is 0 Å². The van der Waals surface area contributed by atoms with Crippen molar-refractivity contribution in [3.63, 3.8) is 0 Å². The lowest BCUT2D eigenvalue weighted by molar-refractivity contribution is -0.418. The number of nitrogens with one attached hydrogen (secondary N) is 1. The van der Waals surface area contributed by atoms with Gasteiger partial charge in [0.05, 0.1) is 10.5 Å². The minimum absolute atomic E-state index is 0.0542. The molecule has 0 bridgehead atoms. The fraction of sp³-hybridized carbons (Fsp3) is 0.417. The third kappa shape index (κ3) is 3.41. The van der Waals surface area contributed by atoms with Crippen LogP contribution in [0.15, 0.2) is 34.1 Å². The number of hydrogen-bond donors (Lipinski definition) is 1. The van der Waals surface area contributed by atoms with Crippen LogP contribution in [0.1, 0.15) is 26.2 Å². The van der Waals surface area contributed by atoms with Crippen LogP contribution in [0.4, 0.5) is 0 Å². The molecule has 98 valence electrons. The molecular formula is C12H15IN2O3. The van der Waals surface area contributed by atoms with Gasteiger partial charge in [0, 0.05) is 22.7 Å². The minimum atomic E-state index is -0.487. The van der Waals surface area contributed by atoms with E-state index in [9.17, 15) is 14.9 Å². The molecule has 0 spiro atoms. The van der Waals surface area contributed by atoms with Crippen LogP contribution in [0.3, 0.4) is 0 Å². The molecule has 0 radical (unpaired) electrons. The summed E-state index contributed by atoms with van der Waals surface area (Å²) in [6, 6.07) is 0. The number of amides is 1. The van der Waals surface area contributed by atoms with E-state index in [0.29, 0.717) is 0 Å². The summed E-state index contributed by atoms with van der Waals surface area (Å²) in [5.41, 5.74) is -0.382. The van der Waals surface area contributed by atoms with E-state index >= 15 is 0 Å². The molecule has 0 aromatic heterocycles. The molecule has 0 heterocycles. The Morgan fingerprint density at radius 1 is 1.50 bits per heavy atom. The van der Waals surface area contributed by atoms with Gasteiger partial charge in [-0.25, -0.2) is 0 Å². The first-order valence-corrected chi connectivity index (χ1v) is 6.63. The van der Waals surface area contributed by atoms with Gasteiger partial charge in [0.2, 0.25) is 5.91 Å². The van der Waals surface area contributed by atoms with Gasteiger partial charge in [-0.05, 0) is 47.9 Å². The summed E-state index contributed by atoms with van der Waals surface area (Å²) in [7, 11) is 0. The first-order valence-electron chi connectivity index (χ1n) is 5.55. The van der Waals surface area contributed by atoms with Crippen molar-refractivity contribution in [1.82, 2.24) is 5.32 Å². The predicted octanol–water partition coefficient (Wildman–Crippen LogP) is 2.71. The molecule has 0 aliphatic heterocycles. The number of nitrogens with zero attached hydrogens (tertiary/aromatic N) is 1. The van der Waals surface area contributed by atoms with Gasteiger partial charge in [0.25, 0.3) is 5.70 Å². The van der Waals surface area contributed by atoms with Crippen molar-refractivity contribution in [2.24, 2.45) is 0 Å². The van der Waals surface area contributed by atoms with E-state index in [2.05, 4.69) is 34.5 Å². The lowest BCUT2D eigenvalue weighted by atomic mass is 9.76. The predicted molar refractivity (Wildman–Crippen MR) is 77.8 cm³/mol. The third-order valence-electron chi connectivity index (χ3n) is 2.90. The molecule has 0 saturated heterocycles. The monoisotopic (exact) mass is 362 g/mol. The summed E-state index contributed by atoms with van der Waals surface area (Å²) >= 11 is 2.12. The van der Waals surface area contributed by atoms with E-state index in [-0.39, 0.29) is 17.1 Å². The molecule has 18 heavy (non-hydrogen) atoms. The van der Waals surface area contributed by atoms with E-state index in [1.54, 1.807) is 6.08 Å². The van der Waals surface area contributed by atoms with Crippen molar-refractivity contribution in [1.29, 1.82) is 0 Å². The van der Waals surface area contributed by atoms with Crippen molar-refractivity contribution in [2.45, 2.75) is 31.7 Å². The van der Waals surface area contributed by atoms with Gasteiger partial charge in [-0.2, -0.15) is 0 Å². The Labute approximate surface area is 119 Å². The zero-order valence-electron chi connectivity index (χ0n) is 10.1. The zero-order chi connectivity index (χ0) is 13.8. The highest BCUT2D eigenvalue weighted by Gasteiger charge is 2.40. The fourth-order valence-corrected chi connectivity index (χ4v) is 2.67. The summed E-state index contributed by atoms with van der Waals surface area (Å²) in [5.74, 6) is -0.0838. The van der Waals surface area contributed by atoms with Gasteiger partial charge in [-0.15, -0.1) is 0 Å². The van der Waals surface area contributed by atoms with E-state index in [1.807, 2.05) is 0 Å². The smallest absolute Gasteiger partial charge is 0.268 e. The topological polar surface area (TPSA) is 72.2 Å². The maximum atomic E-state index is 11.2. The van der Waals surface area contributed by atoms with Gasteiger partial charge in [-0.3, -0.25) is 14.9 Å². The van der Waals surface area contributed by atoms with Gasteiger partial charge in [-0.1, -0.05) is 6.58 Å². The molecule has 5 nitrogen and oxygen atoms in total. The first kappa shape index (κ1) is 14.9. The summed E-state index contributed by atoms with van der Waals surface area (Å²) in [4.78, 5) is 21.3. The molecule has 0 atom stereocenters. The quantitative estimate of drug-likeness (QED) is 0.354. The lowest BCUT2D eigenvalue weighted by Crippen LogP contribution is -2.53. The first-order chi connectivity index (χ1) is 8.41. The maximum Gasteiger partial charge on any atom is 0.268 e.